The van der Waals surface area contributed by atoms with Crippen molar-refractivity contribution in [3.63, 3.8) is 0 Å². The quantitative estimate of drug-likeness (QED) is 0.0243. The van der Waals surface area contributed by atoms with Gasteiger partial charge in [0, 0.05) is 6.42 Å². The van der Waals surface area contributed by atoms with Gasteiger partial charge in [0.25, 0.3) is 0 Å². The Morgan fingerprint density at radius 1 is 0.461 bits per heavy atom. The average molecular weight is 1080 g/mol. The molecule has 76 heavy (non-hydrogen) atoms. The van der Waals surface area contributed by atoms with E-state index in [1.165, 1.54) is 103 Å². The van der Waals surface area contributed by atoms with Gasteiger partial charge < -0.3 is 19.8 Å². The molecule has 0 aliphatic heterocycles. The maximum atomic E-state index is 13.0. The maximum Gasteiger partial charge on any atom is 0.472 e. The molecule has 0 saturated carbocycles. The SMILES string of the molecule is CC/C=C\C/C=C\C/C=C\C/C=C\C/C=C\C/C=C\C/C=C\C/C=C\C/C=C\C/C=C\CCCCCCC(=O)NC(COP(=O)(O)OCC[N+](C)(C)C)C(O)CCCCCCCCCCCCCCCCCCCCC. The number of carbonyl (C=O) groups excluding carboxylic acids is 1. The first-order chi connectivity index (χ1) is 37.0. The molecule has 0 saturated heterocycles. The van der Waals surface area contributed by atoms with Gasteiger partial charge in [0.2, 0.25) is 5.91 Å². The summed E-state index contributed by atoms with van der Waals surface area (Å²) in [5.74, 6) is -0.172. The van der Waals surface area contributed by atoms with E-state index in [0.29, 0.717) is 23.9 Å². The zero-order valence-corrected chi connectivity index (χ0v) is 50.6. The highest BCUT2D eigenvalue weighted by atomic mass is 31.2. The molecule has 0 bridgehead atoms. The van der Waals surface area contributed by atoms with Crippen LogP contribution in [0.5, 0.6) is 0 Å². The van der Waals surface area contributed by atoms with Crippen LogP contribution in [-0.4, -0.2) is 73.4 Å². The fourth-order valence-corrected chi connectivity index (χ4v) is 9.16. The topological polar surface area (TPSA) is 105 Å². The summed E-state index contributed by atoms with van der Waals surface area (Å²) in [7, 11) is 1.58. The van der Waals surface area contributed by atoms with E-state index in [-0.39, 0.29) is 19.1 Å². The number of aliphatic hydroxyl groups is 1. The number of nitrogens with one attached hydrogen (secondary N) is 1. The number of aliphatic hydroxyl groups excluding tert-OH is 1. The van der Waals surface area contributed by atoms with Crippen molar-refractivity contribution in [2.75, 3.05) is 40.9 Å². The molecule has 9 heteroatoms. The summed E-state index contributed by atoms with van der Waals surface area (Å²) in [5, 5.41) is 14.1. The summed E-state index contributed by atoms with van der Waals surface area (Å²) < 4.78 is 23.8. The molecule has 0 radical (unpaired) electrons. The number of phosphoric ester groups is 1. The van der Waals surface area contributed by atoms with Crippen LogP contribution in [0.2, 0.25) is 0 Å². The fourth-order valence-electron chi connectivity index (χ4n) is 8.43. The number of rotatable bonds is 55. The number of carbonyl (C=O) groups is 1. The summed E-state index contributed by atoms with van der Waals surface area (Å²) in [5.41, 5.74) is 0. The smallest absolute Gasteiger partial charge is 0.391 e. The van der Waals surface area contributed by atoms with Crippen molar-refractivity contribution in [2.45, 2.75) is 257 Å². The molecule has 3 N–H and O–H groups in total. The summed E-state index contributed by atoms with van der Waals surface area (Å²) in [6.07, 6.45) is 84.0. The van der Waals surface area contributed by atoms with E-state index in [1.54, 1.807) is 0 Å². The predicted octanol–water partition coefficient (Wildman–Crippen LogP) is 19.3. The van der Waals surface area contributed by atoms with Gasteiger partial charge in [-0.25, -0.2) is 4.57 Å². The zero-order valence-electron chi connectivity index (χ0n) is 49.7. The fraction of sp³-hybridized carbons (Fsp3) is 0.687. The van der Waals surface area contributed by atoms with Gasteiger partial charge in [-0.3, -0.25) is 13.8 Å². The molecule has 0 aromatic carbocycles. The number of nitrogens with zero attached hydrogens (tertiary/aromatic N) is 1. The number of phosphoric acid groups is 1. The number of likely N-dealkylation sites (N-methyl/N-ethyl adjacent to an activating group) is 1. The zero-order chi connectivity index (χ0) is 55.6. The molecule has 0 heterocycles. The molecule has 1 amide bonds. The van der Waals surface area contributed by atoms with E-state index < -0.39 is 20.0 Å². The van der Waals surface area contributed by atoms with Crippen LogP contribution in [-0.2, 0) is 18.4 Å². The summed E-state index contributed by atoms with van der Waals surface area (Å²) in [6, 6.07) is -0.784. The lowest BCUT2D eigenvalue weighted by molar-refractivity contribution is -0.870. The minimum Gasteiger partial charge on any atom is -0.391 e. The average Bonchev–Trinajstić information content (AvgIpc) is 3.38. The highest BCUT2D eigenvalue weighted by Gasteiger charge is 2.28. The third kappa shape index (κ3) is 58.6. The van der Waals surface area contributed by atoms with Crippen molar-refractivity contribution >= 4 is 13.7 Å². The largest absolute Gasteiger partial charge is 0.472 e. The Morgan fingerprint density at radius 2 is 0.789 bits per heavy atom. The first-order valence-corrected chi connectivity index (χ1v) is 32.4. The van der Waals surface area contributed by atoms with E-state index in [1.807, 2.05) is 21.1 Å². The number of amides is 1. The van der Waals surface area contributed by atoms with Crippen LogP contribution in [0.1, 0.15) is 245 Å². The van der Waals surface area contributed by atoms with Crippen molar-refractivity contribution in [1.29, 1.82) is 0 Å². The van der Waals surface area contributed by atoms with Gasteiger partial charge in [0.05, 0.1) is 39.9 Å². The number of unbranched alkanes of at least 4 members (excludes halogenated alkanes) is 22. The molecule has 0 aromatic heterocycles. The van der Waals surface area contributed by atoms with Crippen molar-refractivity contribution in [1.82, 2.24) is 5.32 Å². The van der Waals surface area contributed by atoms with Gasteiger partial charge in [-0.2, -0.15) is 0 Å². The van der Waals surface area contributed by atoms with Gasteiger partial charge in [0.1, 0.15) is 13.2 Å². The number of quaternary nitrogens is 1. The molecular weight excluding hydrogens is 960 g/mol. The van der Waals surface area contributed by atoms with Gasteiger partial charge in [-0.05, 0) is 89.9 Å². The van der Waals surface area contributed by atoms with Crippen molar-refractivity contribution in [3.8, 4) is 0 Å². The van der Waals surface area contributed by atoms with Gasteiger partial charge >= 0.3 is 7.82 Å². The molecule has 436 valence electrons. The van der Waals surface area contributed by atoms with Crippen molar-refractivity contribution in [2.24, 2.45) is 0 Å². The van der Waals surface area contributed by atoms with Crippen LogP contribution in [0.15, 0.2) is 122 Å². The van der Waals surface area contributed by atoms with E-state index in [9.17, 15) is 19.4 Å². The van der Waals surface area contributed by atoms with Crippen LogP contribution in [0.4, 0.5) is 0 Å². The predicted molar refractivity (Wildman–Crippen MR) is 332 cm³/mol. The Hall–Kier alpha value is -3.10. The Kier molecular flexibility index (Phi) is 54.3. The van der Waals surface area contributed by atoms with Gasteiger partial charge in [-0.1, -0.05) is 270 Å². The second-order valence-corrected chi connectivity index (χ2v) is 23.2. The van der Waals surface area contributed by atoms with Crippen molar-refractivity contribution < 1.29 is 32.9 Å². The van der Waals surface area contributed by atoms with Crippen LogP contribution in [0.25, 0.3) is 0 Å². The van der Waals surface area contributed by atoms with E-state index in [2.05, 4.69) is 141 Å². The molecule has 0 rings (SSSR count). The Balaban J connectivity index is 4.23. The second-order valence-electron chi connectivity index (χ2n) is 21.7. The highest BCUT2D eigenvalue weighted by molar-refractivity contribution is 7.47. The molecule has 0 aliphatic rings. The molecule has 0 aromatic rings. The Morgan fingerprint density at radius 3 is 1.16 bits per heavy atom. The van der Waals surface area contributed by atoms with Crippen LogP contribution >= 0.6 is 7.82 Å². The summed E-state index contributed by atoms with van der Waals surface area (Å²) in [6.45, 7) is 4.76. The lowest BCUT2D eigenvalue weighted by atomic mass is 10.0. The van der Waals surface area contributed by atoms with E-state index in [4.69, 9.17) is 9.05 Å². The van der Waals surface area contributed by atoms with Crippen LogP contribution < -0.4 is 5.32 Å². The molecule has 0 spiro atoms. The van der Waals surface area contributed by atoms with E-state index >= 15 is 0 Å². The van der Waals surface area contributed by atoms with E-state index in [0.717, 1.165) is 116 Å². The third-order valence-electron chi connectivity index (χ3n) is 13.2. The van der Waals surface area contributed by atoms with Gasteiger partial charge in [0.15, 0.2) is 0 Å². The second kappa shape index (κ2) is 56.6. The minimum atomic E-state index is -4.34. The van der Waals surface area contributed by atoms with Crippen LogP contribution in [0, 0.1) is 0 Å². The number of hydrogen-bond donors (Lipinski definition) is 3. The molecule has 3 atom stereocenters. The lowest BCUT2D eigenvalue weighted by Gasteiger charge is -2.26. The standard InChI is InChI=1S/C67H117N2O6P/c1-6-8-10-12-14-16-18-20-22-24-26-27-28-29-30-31-32-33-34-35-36-37-38-39-40-41-43-45-47-49-51-53-55-57-59-61-67(71)68-65(64-75-76(72,73)74-63-62-69(3,4)5)66(70)60-58-56-54-52-50-48-46-44-42-25-23-21-19-17-15-13-11-9-7-2/h8,10,14,16,20,22,26-27,29-30,32-33,35-36,38-39,41,43,47,49,65-66,70H,6-7,9,11-13,15,17-19,21,23-25,28,31,34,37,40,42,44-46,48,50-64H2,1-5H3,(H-,68,71,72,73)/p+1/b10-8-,16-14-,22-20-,27-26-,30-29-,33-32-,36-35-,39-38-,43-41-,49-47-. The maximum absolute atomic E-state index is 13.0. The first kappa shape index (κ1) is 72.9. The first-order valence-electron chi connectivity index (χ1n) is 30.9. The molecule has 8 nitrogen and oxygen atoms in total. The van der Waals surface area contributed by atoms with Crippen molar-refractivity contribution in [3.05, 3.63) is 122 Å². The molecule has 0 aliphatic carbocycles. The minimum absolute atomic E-state index is 0.0632. The summed E-state index contributed by atoms with van der Waals surface area (Å²) >= 11 is 0. The molecular formula is C67H118N2O6P+. The normalized spacial score (nSPS) is 14.7. The van der Waals surface area contributed by atoms with Gasteiger partial charge in [-0.15, -0.1) is 0 Å². The molecule has 0 fully saturated rings. The third-order valence-corrected chi connectivity index (χ3v) is 14.2. The summed E-state index contributed by atoms with van der Waals surface area (Å²) in [4.78, 5) is 23.4. The van der Waals surface area contributed by atoms with Crippen LogP contribution in [0.3, 0.4) is 0 Å². The number of hydrogen-bond acceptors (Lipinski definition) is 5. The number of allylic oxidation sites excluding steroid dienone is 20. The highest BCUT2D eigenvalue weighted by Crippen LogP contribution is 2.43. The Labute approximate surface area is 469 Å². The Bertz CT molecular complexity index is 1650. The monoisotopic (exact) mass is 1080 g/mol. The molecule has 3 unspecified atom stereocenters. The lowest BCUT2D eigenvalue weighted by Crippen LogP contribution is -2.46.